The van der Waals surface area contributed by atoms with Crippen LogP contribution < -0.4 is 15.4 Å². The number of nitrogens with one attached hydrogen (secondary N) is 2. The molecule has 2 amide bonds. The molecule has 0 aliphatic heterocycles. The Bertz CT molecular complexity index is 1230. The Kier molecular flexibility index (Phi) is 8.02. The molecule has 13 nitrogen and oxygen atoms in total. The van der Waals surface area contributed by atoms with Crippen LogP contribution in [-0.2, 0) is 11.3 Å². The Labute approximate surface area is 202 Å². The zero-order chi connectivity index (χ0) is 24.8. The molecule has 0 spiro atoms. The van der Waals surface area contributed by atoms with Gasteiger partial charge in [-0.05, 0) is 32.0 Å². The molecule has 0 saturated heterocycles. The average Bonchev–Trinajstić information content (AvgIpc) is 3.34. The van der Waals surface area contributed by atoms with E-state index < -0.39 is 16.7 Å². The Morgan fingerprint density at radius 3 is 2.65 bits per heavy atom. The second-order valence-electron chi connectivity index (χ2n) is 6.92. The van der Waals surface area contributed by atoms with Gasteiger partial charge in [-0.2, -0.15) is 10.1 Å². The molecule has 34 heavy (non-hydrogen) atoms. The highest BCUT2D eigenvalue weighted by molar-refractivity contribution is 6.35. The van der Waals surface area contributed by atoms with E-state index in [2.05, 4.69) is 25.9 Å². The van der Waals surface area contributed by atoms with Crippen molar-refractivity contribution in [2.24, 2.45) is 0 Å². The van der Waals surface area contributed by atoms with Crippen LogP contribution in [0.25, 0.3) is 0 Å². The first-order valence-electron chi connectivity index (χ1n) is 9.79. The normalized spacial score (nSPS) is 10.7. The van der Waals surface area contributed by atoms with Crippen LogP contribution in [0.15, 0.2) is 22.7 Å². The van der Waals surface area contributed by atoms with E-state index in [1.807, 2.05) is 0 Å². The number of hydrogen-bond acceptors (Lipinski definition) is 9. The van der Waals surface area contributed by atoms with Gasteiger partial charge in [-0.3, -0.25) is 24.4 Å². The number of aromatic nitrogens is 4. The lowest BCUT2D eigenvalue weighted by Gasteiger charge is -2.09. The summed E-state index contributed by atoms with van der Waals surface area (Å²) in [6.45, 7) is 3.01. The number of amides is 2. The maximum atomic E-state index is 12.2. The fourth-order valence-electron chi connectivity index (χ4n) is 2.89. The van der Waals surface area contributed by atoms with E-state index in [0.717, 1.165) is 0 Å². The van der Waals surface area contributed by atoms with E-state index in [9.17, 15) is 19.7 Å². The molecule has 0 aliphatic carbocycles. The minimum atomic E-state index is -0.642. The number of carbonyl (C=O) groups is 2. The molecular weight excluding hydrogens is 493 g/mol. The lowest BCUT2D eigenvalue weighted by atomic mass is 10.3. The van der Waals surface area contributed by atoms with Crippen molar-refractivity contribution in [2.45, 2.75) is 20.4 Å². The van der Waals surface area contributed by atoms with Crippen molar-refractivity contribution in [3.8, 4) is 5.75 Å². The number of halogens is 2. The molecular formula is C19H19Cl2N7O6. The van der Waals surface area contributed by atoms with Crippen molar-refractivity contribution in [3.05, 3.63) is 61.5 Å². The van der Waals surface area contributed by atoms with E-state index >= 15 is 0 Å². The largest absolute Gasteiger partial charge is 0.482 e. The molecule has 2 aromatic heterocycles. The van der Waals surface area contributed by atoms with Crippen molar-refractivity contribution in [2.75, 3.05) is 19.7 Å². The van der Waals surface area contributed by atoms with Crippen LogP contribution in [0, 0.1) is 24.0 Å². The summed E-state index contributed by atoms with van der Waals surface area (Å²) < 4.78 is 11.6. The lowest BCUT2D eigenvalue weighted by Crippen LogP contribution is -2.36. The monoisotopic (exact) mass is 511 g/mol. The molecule has 2 N–H and O–H groups in total. The van der Waals surface area contributed by atoms with Crippen LogP contribution in [0.3, 0.4) is 0 Å². The fraction of sp³-hybridized carbons (Fsp3) is 0.316. The predicted molar refractivity (Wildman–Crippen MR) is 119 cm³/mol. The molecule has 15 heteroatoms. The van der Waals surface area contributed by atoms with Crippen LogP contribution >= 0.6 is 23.2 Å². The summed E-state index contributed by atoms with van der Waals surface area (Å²) >= 11 is 11.8. The van der Waals surface area contributed by atoms with E-state index in [4.69, 9.17) is 32.5 Å². The third-order valence-corrected chi connectivity index (χ3v) is 5.00. The number of nitrogens with zero attached hydrogens (tertiary/aromatic N) is 5. The molecule has 0 fully saturated rings. The minimum Gasteiger partial charge on any atom is -0.482 e. The van der Waals surface area contributed by atoms with Gasteiger partial charge in [-0.1, -0.05) is 28.4 Å². The first kappa shape index (κ1) is 24.9. The first-order valence-corrected chi connectivity index (χ1v) is 10.5. The highest BCUT2D eigenvalue weighted by atomic mass is 35.5. The Morgan fingerprint density at radius 2 is 1.97 bits per heavy atom. The summed E-state index contributed by atoms with van der Waals surface area (Å²) in [5, 5.41) is 24.7. The second kappa shape index (κ2) is 10.9. The van der Waals surface area contributed by atoms with Crippen molar-refractivity contribution in [3.63, 3.8) is 0 Å². The lowest BCUT2D eigenvalue weighted by molar-refractivity contribution is -0.386. The zero-order valence-electron chi connectivity index (χ0n) is 18.0. The summed E-state index contributed by atoms with van der Waals surface area (Å²) in [5.74, 6) is -0.914. The molecule has 180 valence electrons. The Balaban J connectivity index is 1.42. The number of rotatable bonds is 10. The number of hydrogen-bond donors (Lipinski definition) is 2. The SMILES string of the molecule is Cc1nn(Cc2noc(C(=O)NCCNC(=O)COc3ccc(Cl)cc3Cl)n2)c(C)c1[N+](=O)[O-]. The zero-order valence-corrected chi connectivity index (χ0v) is 19.5. The molecule has 0 saturated carbocycles. The Morgan fingerprint density at radius 1 is 1.24 bits per heavy atom. The molecule has 0 bridgehead atoms. The molecule has 3 rings (SSSR count). The van der Waals surface area contributed by atoms with Crippen LogP contribution in [-0.4, -0.2) is 56.4 Å². The predicted octanol–water partition coefficient (Wildman–Crippen LogP) is 2.07. The summed E-state index contributed by atoms with van der Waals surface area (Å²) in [7, 11) is 0. The number of carbonyl (C=O) groups excluding carboxylic acids is 2. The van der Waals surface area contributed by atoms with Crippen molar-refractivity contribution in [1.82, 2.24) is 30.6 Å². The standard InChI is InChI=1S/C19H19Cl2N7O6/c1-10-17(28(31)32)11(2)27(25-10)8-15-24-19(34-26-15)18(30)23-6-5-22-16(29)9-33-14-4-3-12(20)7-13(14)21/h3-4,7H,5-6,8-9H2,1-2H3,(H,22,29)(H,23,30). The van der Waals surface area contributed by atoms with Gasteiger partial charge in [0.15, 0.2) is 12.4 Å². The van der Waals surface area contributed by atoms with Crippen LogP contribution in [0.5, 0.6) is 5.75 Å². The Hall–Kier alpha value is -3.71. The maximum absolute atomic E-state index is 12.2. The molecule has 1 aromatic carbocycles. The smallest absolute Gasteiger partial charge is 0.316 e. The topological polar surface area (TPSA) is 167 Å². The van der Waals surface area contributed by atoms with Crippen LogP contribution in [0.2, 0.25) is 10.0 Å². The third-order valence-electron chi connectivity index (χ3n) is 4.46. The number of benzene rings is 1. The summed E-state index contributed by atoms with van der Waals surface area (Å²) in [5.41, 5.74) is 0.495. The van der Waals surface area contributed by atoms with Crippen LogP contribution in [0.4, 0.5) is 5.69 Å². The quantitative estimate of drug-likeness (QED) is 0.235. The minimum absolute atomic E-state index is 0.00894. The second-order valence-corrected chi connectivity index (χ2v) is 7.76. The maximum Gasteiger partial charge on any atom is 0.316 e. The summed E-state index contributed by atoms with van der Waals surface area (Å²) in [4.78, 5) is 38.6. The summed E-state index contributed by atoms with van der Waals surface area (Å²) in [6.07, 6.45) is 0. The van der Waals surface area contributed by atoms with Crippen molar-refractivity contribution < 1.29 is 23.8 Å². The van der Waals surface area contributed by atoms with Crippen molar-refractivity contribution >= 4 is 40.7 Å². The van der Waals surface area contributed by atoms with E-state index in [-0.39, 0.29) is 54.4 Å². The molecule has 0 aliphatic rings. The average molecular weight is 512 g/mol. The molecule has 0 unspecified atom stereocenters. The van der Waals surface area contributed by atoms with Gasteiger partial charge in [-0.25, -0.2) is 0 Å². The van der Waals surface area contributed by atoms with Gasteiger partial charge in [0.25, 0.3) is 5.91 Å². The molecule has 2 heterocycles. The highest BCUT2D eigenvalue weighted by Gasteiger charge is 2.23. The van der Waals surface area contributed by atoms with Gasteiger partial charge in [0.2, 0.25) is 0 Å². The third kappa shape index (κ3) is 6.20. The number of nitro groups is 1. The van der Waals surface area contributed by atoms with Gasteiger partial charge in [0, 0.05) is 18.1 Å². The summed E-state index contributed by atoms with van der Waals surface area (Å²) in [6, 6.07) is 4.63. The molecule has 0 radical (unpaired) electrons. The van der Waals surface area contributed by atoms with Crippen molar-refractivity contribution in [1.29, 1.82) is 0 Å². The van der Waals surface area contributed by atoms with Gasteiger partial charge < -0.3 is 19.9 Å². The van der Waals surface area contributed by atoms with Gasteiger partial charge in [-0.15, -0.1) is 0 Å². The number of ether oxygens (including phenoxy) is 1. The molecule has 0 atom stereocenters. The van der Waals surface area contributed by atoms with E-state index in [0.29, 0.717) is 16.5 Å². The fourth-order valence-corrected chi connectivity index (χ4v) is 3.35. The van der Waals surface area contributed by atoms with E-state index in [1.54, 1.807) is 19.1 Å². The van der Waals surface area contributed by atoms with Crippen LogP contribution in [0.1, 0.15) is 27.9 Å². The van der Waals surface area contributed by atoms with Gasteiger partial charge in [0.05, 0.1) is 9.95 Å². The van der Waals surface area contributed by atoms with E-state index in [1.165, 1.54) is 17.7 Å². The number of aryl methyl sites for hydroxylation is 1. The van der Waals surface area contributed by atoms with Gasteiger partial charge >= 0.3 is 17.5 Å². The highest BCUT2D eigenvalue weighted by Crippen LogP contribution is 2.27. The molecule has 3 aromatic rings. The first-order chi connectivity index (χ1) is 16.2. The van der Waals surface area contributed by atoms with Gasteiger partial charge in [0.1, 0.15) is 23.7 Å².